The molecule has 6 N–H and O–H groups in total. The Morgan fingerprint density at radius 1 is 0.838 bits per heavy atom. The van der Waals surface area contributed by atoms with Crippen molar-refractivity contribution in [2.24, 2.45) is 11.5 Å². The van der Waals surface area contributed by atoms with Gasteiger partial charge in [-0.15, -0.1) is 0 Å². The number of rotatable bonds is 8. The number of hydrogen-bond acceptors (Lipinski definition) is 14. The lowest BCUT2D eigenvalue weighted by Gasteiger charge is -2.47. The van der Waals surface area contributed by atoms with Gasteiger partial charge in [-0.25, -0.2) is 0 Å². The number of aliphatic hydroxyl groups excluding tert-OH is 1. The minimum atomic E-state index is -1.52. The first-order valence-corrected chi connectivity index (χ1v) is 11.6. The highest BCUT2D eigenvalue weighted by atomic mass is 16.7. The van der Waals surface area contributed by atoms with Crippen LogP contribution in [-0.2, 0) is 52.4 Å². The van der Waals surface area contributed by atoms with Crippen LogP contribution in [0.25, 0.3) is 0 Å². The highest BCUT2D eigenvalue weighted by Gasteiger charge is 2.53. The number of amides is 1. The fourth-order valence-electron chi connectivity index (χ4n) is 4.38. The van der Waals surface area contributed by atoms with Crippen LogP contribution in [0.5, 0.6) is 0 Å². The second-order valence-corrected chi connectivity index (χ2v) is 8.94. The predicted molar refractivity (Wildman–Crippen MR) is 121 cm³/mol. The molecule has 0 aromatic rings. The summed E-state index contributed by atoms with van der Waals surface area (Å²) in [5.74, 6) is -3.26. The van der Waals surface area contributed by atoms with Crippen molar-refractivity contribution in [2.45, 2.75) is 102 Å². The number of nitrogens with one attached hydrogen (secondary N) is 1. The fourth-order valence-corrected chi connectivity index (χ4v) is 4.38. The van der Waals surface area contributed by atoms with E-state index in [1.807, 2.05) is 0 Å². The largest absolute Gasteiger partial charge is 0.463 e. The third-order valence-corrected chi connectivity index (χ3v) is 5.75. The normalized spacial score (nSPS) is 35.6. The Morgan fingerprint density at radius 2 is 1.38 bits per heavy atom. The first kappa shape index (κ1) is 30.4. The number of esters is 4. The molecule has 0 bridgehead atoms. The van der Waals surface area contributed by atoms with E-state index in [-0.39, 0.29) is 6.42 Å². The summed E-state index contributed by atoms with van der Waals surface area (Å²) in [6, 6.07) is -2.94. The maximum absolute atomic E-state index is 11.8. The molecule has 15 heteroatoms. The molecule has 210 valence electrons. The van der Waals surface area contributed by atoms with Gasteiger partial charge in [-0.2, -0.15) is 0 Å². The molecule has 2 fully saturated rings. The van der Waals surface area contributed by atoms with E-state index in [4.69, 9.17) is 39.9 Å². The number of nitrogens with two attached hydrogens (primary N) is 2. The van der Waals surface area contributed by atoms with E-state index in [1.54, 1.807) is 0 Å². The molecular weight excluding hydrogens is 498 g/mol. The minimum absolute atomic E-state index is 0.0571. The highest BCUT2D eigenvalue weighted by Crippen LogP contribution is 2.31. The third kappa shape index (κ3) is 8.33. The molecule has 10 unspecified atom stereocenters. The molecule has 2 rings (SSSR count). The van der Waals surface area contributed by atoms with Crippen molar-refractivity contribution in [3.63, 3.8) is 0 Å². The lowest BCUT2D eigenvalue weighted by molar-refractivity contribution is -0.298. The monoisotopic (exact) mass is 533 g/mol. The second kappa shape index (κ2) is 13.1. The average molecular weight is 534 g/mol. The molecule has 1 saturated heterocycles. The smallest absolute Gasteiger partial charge is 0.303 e. The van der Waals surface area contributed by atoms with Crippen LogP contribution in [0.1, 0.15) is 41.0 Å². The van der Waals surface area contributed by atoms with Crippen LogP contribution in [0.2, 0.25) is 0 Å². The molecule has 0 radical (unpaired) electrons. The molecule has 1 amide bonds. The van der Waals surface area contributed by atoms with Gasteiger partial charge in [-0.05, 0) is 6.42 Å². The molecule has 10 atom stereocenters. The van der Waals surface area contributed by atoms with Gasteiger partial charge in [0, 0.05) is 40.7 Å². The lowest BCUT2D eigenvalue weighted by atomic mass is 9.83. The Hall–Kier alpha value is -2.85. The van der Waals surface area contributed by atoms with Crippen molar-refractivity contribution in [2.75, 3.05) is 6.61 Å². The molecule has 15 nitrogen and oxygen atoms in total. The summed E-state index contributed by atoms with van der Waals surface area (Å²) in [4.78, 5) is 58.2. The summed E-state index contributed by atoms with van der Waals surface area (Å²) in [7, 11) is 0. The summed E-state index contributed by atoms with van der Waals surface area (Å²) >= 11 is 0. The second-order valence-electron chi connectivity index (χ2n) is 8.94. The fraction of sp³-hybridized carbons (Fsp3) is 0.773. The Morgan fingerprint density at radius 3 is 1.89 bits per heavy atom. The zero-order valence-electron chi connectivity index (χ0n) is 21.3. The van der Waals surface area contributed by atoms with Crippen LogP contribution in [0.4, 0.5) is 0 Å². The molecule has 1 saturated carbocycles. The summed E-state index contributed by atoms with van der Waals surface area (Å²) in [6.07, 6.45) is -9.00. The first-order chi connectivity index (χ1) is 17.2. The van der Waals surface area contributed by atoms with E-state index < -0.39 is 97.4 Å². The van der Waals surface area contributed by atoms with E-state index in [0.717, 1.165) is 27.7 Å². The van der Waals surface area contributed by atoms with Crippen LogP contribution in [0.15, 0.2) is 0 Å². The van der Waals surface area contributed by atoms with Gasteiger partial charge >= 0.3 is 23.9 Å². The SMILES string of the molecule is CC(=O)NC1CC(N)C(OC2OC(COC(C)=O)C(OC(C)=O)C(OC(C)=O)C2N)C(O)C1OC(C)=O. The van der Waals surface area contributed by atoms with Gasteiger partial charge in [0.25, 0.3) is 0 Å². The average Bonchev–Trinajstić information content (AvgIpc) is 2.75. The lowest BCUT2D eigenvalue weighted by Crippen LogP contribution is -2.69. The zero-order chi connectivity index (χ0) is 28.0. The van der Waals surface area contributed by atoms with Crippen molar-refractivity contribution in [1.82, 2.24) is 5.32 Å². The van der Waals surface area contributed by atoms with E-state index in [1.165, 1.54) is 6.92 Å². The van der Waals surface area contributed by atoms with Crippen LogP contribution in [0, 0.1) is 0 Å². The van der Waals surface area contributed by atoms with Gasteiger partial charge in [0.05, 0.1) is 12.1 Å². The molecule has 1 heterocycles. The summed E-state index contributed by atoms with van der Waals surface area (Å²) in [5.41, 5.74) is 12.5. The van der Waals surface area contributed by atoms with Gasteiger partial charge in [0.1, 0.15) is 24.9 Å². The van der Waals surface area contributed by atoms with Crippen LogP contribution in [0.3, 0.4) is 0 Å². The third-order valence-electron chi connectivity index (χ3n) is 5.75. The summed E-state index contributed by atoms with van der Waals surface area (Å²) in [5, 5.41) is 13.6. The van der Waals surface area contributed by atoms with Crippen molar-refractivity contribution in [3.05, 3.63) is 0 Å². The van der Waals surface area contributed by atoms with Crippen molar-refractivity contribution < 1.29 is 57.5 Å². The number of carbonyl (C=O) groups excluding carboxylic acids is 5. The number of aliphatic hydroxyl groups is 1. The molecule has 1 aliphatic carbocycles. The number of ether oxygens (including phenoxy) is 6. The van der Waals surface area contributed by atoms with Gasteiger partial charge in [0.15, 0.2) is 24.6 Å². The van der Waals surface area contributed by atoms with Gasteiger partial charge in [-0.3, -0.25) is 24.0 Å². The maximum atomic E-state index is 11.8. The predicted octanol–water partition coefficient (Wildman–Crippen LogP) is -2.62. The van der Waals surface area contributed by atoms with Crippen molar-refractivity contribution in [1.29, 1.82) is 0 Å². The van der Waals surface area contributed by atoms with Crippen LogP contribution >= 0.6 is 0 Å². The van der Waals surface area contributed by atoms with Crippen LogP contribution < -0.4 is 16.8 Å². The summed E-state index contributed by atoms with van der Waals surface area (Å²) < 4.78 is 32.6. The standard InChI is InChI=1S/C22H35N3O12/c1-8(26)25-14-6-13(23)18(17(31)19(14)33-10(3)28)37-22-16(24)21(35-12(5)30)20(34-11(4)29)15(36-22)7-32-9(2)27/h13-22,31H,6-7,23-24H2,1-5H3,(H,25,26). The van der Waals surface area contributed by atoms with E-state index >= 15 is 0 Å². The molecule has 0 aromatic heterocycles. The number of carbonyl (C=O) groups is 5. The minimum Gasteiger partial charge on any atom is -0.463 e. The molecule has 0 spiro atoms. The molecular formula is C22H35N3O12. The Labute approximate surface area is 213 Å². The quantitative estimate of drug-likeness (QED) is 0.185. The van der Waals surface area contributed by atoms with E-state index in [0.29, 0.717) is 0 Å². The molecule has 37 heavy (non-hydrogen) atoms. The van der Waals surface area contributed by atoms with Crippen LogP contribution in [-0.4, -0.2) is 103 Å². The Balaban J connectivity index is 2.34. The maximum Gasteiger partial charge on any atom is 0.303 e. The Bertz CT molecular complexity index is 870. The molecule has 1 aliphatic heterocycles. The van der Waals surface area contributed by atoms with Gasteiger partial charge < -0.3 is 50.3 Å². The van der Waals surface area contributed by atoms with E-state index in [9.17, 15) is 29.1 Å². The summed E-state index contributed by atoms with van der Waals surface area (Å²) in [6.45, 7) is 5.40. The Kier molecular flexibility index (Phi) is 10.8. The zero-order valence-corrected chi connectivity index (χ0v) is 21.3. The first-order valence-electron chi connectivity index (χ1n) is 11.6. The van der Waals surface area contributed by atoms with Crippen molar-refractivity contribution >= 4 is 29.8 Å². The van der Waals surface area contributed by atoms with E-state index in [2.05, 4.69) is 5.32 Å². The molecule has 2 aliphatic rings. The van der Waals surface area contributed by atoms with Gasteiger partial charge in [0.2, 0.25) is 5.91 Å². The molecule has 0 aromatic carbocycles. The van der Waals surface area contributed by atoms with Crippen molar-refractivity contribution in [3.8, 4) is 0 Å². The highest BCUT2D eigenvalue weighted by molar-refractivity contribution is 5.73. The number of hydrogen-bond donors (Lipinski definition) is 4. The van der Waals surface area contributed by atoms with Gasteiger partial charge in [-0.1, -0.05) is 0 Å². The topological polar surface area (TPSA) is 225 Å².